The first kappa shape index (κ1) is 15.7. The van der Waals surface area contributed by atoms with E-state index in [-0.39, 0.29) is 11.8 Å². The molecule has 4 rings (SSSR count). The van der Waals surface area contributed by atoms with Crippen molar-refractivity contribution in [2.45, 2.75) is 39.0 Å². The number of carbonyl (C=O) groups is 1. The molecule has 0 bridgehead atoms. The van der Waals surface area contributed by atoms with Crippen LogP contribution < -0.4 is 0 Å². The Morgan fingerprint density at radius 3 is 3.12 bits per heavy atom. The van der Waals surface area contributed by atoms with Gasteiger partial charge in [-0.05, 0) is 37.8 Å². The molecule has 1 unspecified atom stereocenters. The van der Waals surface area contributed by atoms with Crippen LogP contribution in [-0.2, 0) is 6.42 Å². The van der Waals surface area contributed by atoms with Gasteiger partial charge < -0.3 is 4.90 Å². The maximum Gasteiger partial charge on any atom is 0.292 e. The van der Waals surface area contributed by atoms with Gasteiger partial charge >= 0.3 is 0 Å². The maximum absolute atomic E-state index is 13.0. The van der Waals surface area contributed by atoms with Crippen molar-refractivity contribution in [3.8, 4) is 0 Å². The molecule has 1 saturated heterocycles. The number of aryl methyl sites for hydroxylation is 2. The zero-order valence-corrected chi connectivity index (χ0v) is 14.4. The summed E-state index contributed by atoms with van der Waals surface area (Å²) in [4.78, 5) is 19.2. The normalized spacial score (nSPS) is 18.0. The fraction of sp³-hybridized carbons (Fsp3) is 0.471. The Hall–Kier alpha value is -2.77. The van der Waals surface area contributed by atoms with Crippen LogP contribution in [0.3, 0.4) is 0 Å². The first-order valence-electron chi connectivity index (χ1n) is 8.67. The second kappa shape index (κ2) is 6.27. The number of likely N-dealkylation sites (tertiary alicyclic amines) is 1. The Balaban J connectivity index is 1.59. The summed E-state index contributed by atoms with van der Waals surface area (Å²) in [5.41, 5.74) is 3.23. The van der Waals surface area contributed by atoms with Crippen LogP contribution in [0.5, 0.6) is 0 Å². The van der Waals surface area contributed by atoms with E-state index in [9.17, 15) is 4.79 Å². The molecule has 1 aliphatic rings. The molecule has 3 aromatic rings. The van der Waals surface area contributed by atoms with Crippen molar-refractivity contribution < 1.29 is 4.79 Å². The highest BCUT2D eigenvalue weighted by Gasteiger charge is 2.29. The standard InChI is InChI=1S/C17H21N7O/c1-3-12-9-18-20-14(12)13-5-4-7-23(10-13)16(25)15-21-22-17-19-11(2)6-8-24(15)17/h6,8-9,13H,3-5,7,10H2,1-2H3,(H,18,20). The summed E-state index contributed by atoms with van der Waals surface area (Å²) < 4.78 is 1.66. The number of aromatic nitrogens is 6. The molecule has 8 heteroatoms. The molecule has 130 valence electrons. The molecule has 1 fully saturated rings. The third kappa shape index (κ3) is 2.77. The van der Waals surface area contributed by atoms with Crippen molar-refractivity contribution in [1.29, 1.82) is 0 Å². The first-order valence-corrected chi connectivity index (χ1v) is 8.67. The van der Waals surface area contributed by atoms with Crippen molar-refractivity contribution in [2.75, 3.05) is 13.1 Å². The average Bonchev–Trinajstić information content (AvgIpc) is 3.27. The summed E-state index contributed by atoms with van der Waals surface area (Å²) in [6.07, 6.45) is 6.65. The van der Waals surface area contributed by atoms with E-state index in [2.05, 4.69) is 32.3 Å². The Labute approximate surface area is 145 Å². The van der Waals surface area contributed by atoms with Crippen LogP contribution in [0.1, 0.15) is 53.3 Å². The lowest BCUT2D eigenvalue weighted by atomic mass is 9.92. The monoisotopic (exact) mass is 339 g/mol. The number of nitrogens with one attached hydrogen (secondary N) is 1. The number of hydrogen-bond acceptors (Lipinski definition) is 5. The predicted octanol–water partition coefficient (Wildman–Crippen LogP) is 1.74. The van der Waals surface area contributed by atoms with E-state index in [4.69, 9.17) is 0 Å². The lowest BCUT2D eigenvalue weighted by Gasteiger charge is -2.32. The molecular weight excluding hydrogens is 318 g/mol. The minimum absolute atomic E-state index is 0.0968. The van der Waals surface area contributed by atoms with Gasteiger partial charge in [0.25, 0.3) is 11.7 Å². The Bertz CT molecular complexity index is 913. The van der Waals surface area contributed by atoms with E-state index in [0.29, 0.717) is 18.1 Å². The zero-order valence-electron chi connectivity index (χ0n) is 14.4. The minimum Gasteiger partial charge on any atom is -0.335 e. The number of H-pyrrole nitrogens is 1. The predicted molar refractivity (Wildman–Crippen MR) is 91.4 cm³/mol. The molecule has 1 amide bonds. The van der Waals surface area contributed by atoms with Crippen molar-refractivity contribution in [1.82, 2.24) is 34.7 Å². The average molecular weight is 339 g/mol. The zero-order chi connectivity index (χ0) is 17.4. The number of aromatic amines is 1. The first-order chi connectivity index (χ1) is 12.2. The van der Waals surface area contributed by atoms with Crippen LogP contribution in [0, 0.1) is 6.92 Å². The Morgan fingerprint density at radius 1 is 1.40 bits per heavy atom. The molecule has 25 heavy (non-hydrogen) atoms. The molecular formula is C17H21N7O. The number of fused-ring (bicyclic) bond motifs is 1. The SMILES string of the molecule is CCc1cn[nH]c1C1CCCN(C(=O)c2nnc3nc(C)ccn23)C1. The van der Waals surface area contributed by atoms with Crippen LogP contribution >= 0.6 is 0 Å². The van der Waals surface area contributed by atoms with Gasteiger partial charge in [-0.25, -0.2) is 4.98 Å². The van der Waals surface area contributed by atoms with Gasteiger partial charge in [0.1, 0.15) is 0 Å². The molecule has 8 nitrogen and oxygen atoms in total. The fourth-order valence-corrected chi connectivity index (χ4v) is 3.51. The van der Waals surface area contributed by atoms with Crippen molar-refractivity contribution >= 4 is 11.7 Å². The molecule has 0 radical (unpaired) electrons. The largest absolute Gasteiger partial charge is 0.335 e. The van der Waals surface area contributed by atoms with E-state index < -0.39 is 0 Å². The van der Waals surface area contributed by atoms with E-state index >= 15 is 0 Å². The van der Waals surface area contributed by atoms with E-state index in [1.54, 1.807) is 10.6 Å². The van der Waals surface area contributed by atoms with Gasteiger partial charge in [0.05, 0.1) is 6.20 Å². The fourth-order valence-electron chi connectivity index (χ4n) is 3.51. The molecule has 4 heterocycles. The van der Waals surface area contributed by atoms with E-state index in [0.717, 1.165) is 37.2 Å². The molecule has 3 aromatic heterocycles. The summed E-state index contributed by atoms with van der Waals surface area (Å²) in [6.45, 7) is 5.42. The minimum atomic E-state index is -0.0968. The second-order valence-electron chi connectivity index (χ2n) is 6.52. The molecule has 0 aromatic carbocycles. The summed E-state index contributed by atoms with van der Waals surface area (Å²) in [5, 5.41) is 15.4. The smallest absolute Gasteiger partial charge is 0.292 e. The Morgan fingerprint density at radius 2 is 2.28 bits per heavy atom. The Kier molecular flexibility index (Phi) is 3.95. The molecule has 1 aliphatic heterocycles. The van der Waals surface area contributed by atoms with E-state index in [1.807, 2.05) is 24.1 Å². The molecule has 1 N–H and O–H groups in total. The maximum atomic E-state index is 13.0. The van der Waals surface area contributed by atoms with Gasteiger partial charge in [-0.3, -0.25) is 14.3 Å². The highest BCUT2D eigenvalue weighted by molar-refractivity contribution is 5.91. The number of carbonyl (C=O) groups excluding carboxylic acids is 1. The summed E-state index contributed by atoms with van der Waals surface area (Å²) >= 11 is 0. The van der Waals surface area contributed by atoms with Crippen molar-refractivity contribution in [3.63, 3.8) is 0 Å². The van der Waals surface area contributed by atoms with E-state index in [1.165, 1.54) is 5.56 Å². The lowest BCUT2D eigenvalue weighted by molar-refractivity contribution is 0.0691. The van der Waals surface area contributed by atoms with Crippen LogP contribution in [0.15, 0.2) is 18.5 Å². The highest BCUT2D eigenvalue weighted by Crippen LogP contribution is 2.28. The number of amides is 1. The van der Waals surface area contributed by atoms with Gasteiger partial charge in [-0.1, -0.05) is 6.92 Å². The number of rotatable bonds is 3. The van der Waals surface area contributed by atoms with Gasteiger partial charge in [0, 0.05) is 36.6 Å². The quantitative estimate of drug-likeness (QED) is 0.785. The number of hydrogen-bond donors (Lipinski definition) is 1. The summed E-state index contributed by atoms with van der Waals surface area (Å²) in [5.74, 6) is 0.970. The van der Waals surface area contributed by atoms with Crippen molar-refractivity contribution in [2.24, 2.45) is 0 Å². The molecule has 0 aliphatic carbocycles. The molecule has 0 saturated carbocycles. The van der Waals surface area contributed by atoms with Crippen LogP contribution in [0.2, 0.25) is 0 Å². The van der Waals surface area contributed by atoms with Gasteiger partial charge in [-0.15, -0.1) is 10.2 Å². The highest BCUT2D eigenvalue weighted by atomic mass is 16.2. The van der Waals surface area contributed by atoms with Crippen LogP contribution in [0.4, 0.5) is 0 Å². The van der Waals surface area contributed by atoms with Gasteiger partial charge in [0.2, 0.25) is 5.82 Å². The molecule has 0 spiro atoms. The van der Waals surface area contributed by atoms with Gasteiger partial charge in [0.15, 0.2) is 0 Å². The second-order valence-corrected chi connectivity index (χ2v) is 6.52. The lowest BCUT2D eigenvalue weighted by Crippen LogP contribution is -2.40. The molecule has 1 atom stereocenters. The van der Waals surface area contributed by atoms with Crippen LogP contribution in [-0.4, -0.2) is 53.7 Å². The number of piperidine rings is 1. The van der Waals surface area contributed by atoms with Crippen molar-refractivity contribution in [3.05, 3.63) is 41.2 Å². The third-order valence-electron chi connectivity index (χ3n) is 4.86. The van der Waals surface area contributed by atoms with Crippen LogP contribution in [0.25, 0.3) is 5.78 Å². The summed E-state index contributed by atoms with van der Waals surface area (Å²) in [6, 6.07) is 1.85. The van der Waals surface area contributed by atoms with Gasteiger partial charge in [-0.2, -0.15) is 5.10 Å². The topological polar surface area (TPSA) is 92.1 Å². The number of nitrogens with zero attached hydrogens (tertiary/aromatic N) is 6. The summed E-state index contributed by atoms with van der Waals surface area (Å²) in [7, 11) is 0. The third-order valence-corrected chi connectivity index (χ3v) is 4.86.